The number of ether oxygens (including phenoxy) is 1. The number of thiocarbonyl (C=S) groups is 1. The highest BCUT2D eigenvalue weighted by Gasteiger charge is 2.33. The van der Waals surface area contributed by atoms with Crippen LogP contribution in [0.25, 0.3) is 17.0 Å². The zero-order chi connectivity index (χ0) is 22.7. The molecule has 0 saturated heterocycles. The van der Waals surface area contributed by atoms with Gasteiger partial charge in [0.25, 0.3) is 5.89 Å². The van der Waals surface area contributed by atoms with E-state index < -0.39 is 0 Å². The fourth-order valence-electron chi connectivity index (χ4n) is 3.96. The molecule has 0 spiro atoms. The van der Waals surface area contributed by atoms with Crippen LogP contribution in [0.4, 0.5) is 0 Å². The fourth-order valence-corrected chi connectivity index (χ4v) is 4.31. The average molecular weight is 449 g/mol. The lowest BCUT2D eigenvalue weighted by Crippen LogP contribution is -2.46. The Morgan fingerprint density at radius 2 is 1.94 bits per heavy atom. The van der Waals surface area contributed by atoms with Gasteiger partial charge in [-0.2, -0.15) is 4.98 Å². The number of benzene rings is 2. The molecule has 2 aromatic carbocycles. The molecule has 6 nitrogen and oxygen atoms in total. The van der Waals surface area contributed by atoms with Gasteiger partial charge >= 0.3 is 0 Å². The van der Waals surface area contributed by atoms with E-state index in [-0.39, 0.29) is 6.04 Å². The predicted molar refractivity (Wildman–Crippen MR) is 130 cm³/mol. The normalized spacial score (nSPS) is 16.3. The topological polar surface area (TPSA) is 63.4 Å². The second-order valence-electron chi connectivity index (χ2n) is 7.78. The molecule has 32 heavy (non-hydrogen) atoms. The lowest BCUT2D eigenvalue weighted by atomic mass is 9.94. The molecule has 2 heterocycles. The summed E-state index contributed by atoms with van der Waals surface area (Å²) in [6, 6.07) is 16.1. The second-order valence-corrected chi connectivity index (χ2v) is 8.17. The van der Waals surface area contributed by atoms with Gasteiger partial charge < -0.3 is 19.5 Å². The van der Waals surface area contributed by atoms with Gasteiger partial charge in [-0.1, -0.05) is 55.4 Å². The Labute approximate surface area is 194 Å². The number of hydrogen-bond acceptors (Lipinski definition) is 5. The monoisotopic (exact) mass is 448 g/mol. The zero-order valence-electron chi connectivity index (χ0n) is 18.9. The average Bonchev–Trinajstić information content (AvgIpc) is 3.31. The van der Waals surface area contributed by atoms with Crippen LogP contribution in [0.3, 0.4) is 0 Å². The van der Waals surface area contributed by atoms with E-state index in [0.29, 0.717) is 16.8 Å². The van der Waals surface area contributed by atoms with E-state index in [0.717, 1.165) is 47.5 Å². The van der Waals surface area contributed by atoms with Crippen LogP contribution >= 0.6 is 12.2 Å². The zero-order valence-corrected chi connectivity index (χ0v) is 19.7. The van der Waals surface area contributed by atoms with Crippen molar-refractivity contribution in [1.29, 1.82) is 0 Å². The van der Waals surface area contributed by atoms with E-state index >= 15 is 0 Å². The number of nitrogens with one attached hydrogen (secondary N) is 1. The van der Waals surface area contributed by atoms with E-state index in [2.05, 4.69) is 60.4 Å². The third-order valence-electron chi connectivity index (χ3n) is 5.75. The molecule has 0 radical (unpaired) electrons. The van der Waals surface area contributed by atoms with Gasteiger partial charge in [-0.25, -0.2) is 0 Å². The summed E-state index contributed by atoms with van der Waals surface area (Å²) in [5.74, 6) is 1.76. The van der Waals surface area contributed by atoms with Crippen LogP contribution in [0, 0.1) is 0 Å². The molecule has 3 aromatic rings. The number of rotatable bonds is 7. The molecule has 0 aliphatic carbocycles. The van der Waals surface area contributed by atoms with Crippen molar-refractivity contribution < 1.29 is 9.26 Å². The van der Waals surface area contributed by atoms with Crippen molar-refractivity contribution in [1.82, 2.24) is 20.4 Å². The summed E-state index contributed by atoms with van der Waals surface area (Å²) in [5.41, 5.74) is 5.21. The predicted octanol–water partition coefficient (Wildman–Crippen LogP) is 5.38. The summed E-state index contributed by atoms with van der Waals surface area (Å²) >= 11 is 5.71. The summed E-state index contributed by atoms with van der Waals surface area (Å²) in [6.07, 6.45) is 1.97. The minimum atomic E-state index is -0.167. The fraction of sp³-hybridized carbons (Fsp3) is 0.320. The van der Waals surface area contributed by atoms with Gasteiger partial charge in [0.15, 0.2) is 5.11 Å². The van der Waals surface area contributed by atoms with Crippen LogP contribution in [0.2, 0.25) is 0 Å². The summed E-state index contributed by atoms with van der Waals surface area (Å²) in [4.78, 5) is 6.87. The standard InChI is InChI=1S/C25H28N4O2S/c1-5-14-29-16(3)21(22(26-25(29)32)18-12-10-17(6-2)11-13-18)24-27-23(28-31-24)19-8-7-9-20(15-19)30-4/h7-13,15,22H,5-6,14H2,1-4H3,(H,26,32). The van der Waals surface area contributed by atoms with Gasteiger partial charge in [-0.05, 0) is 55.2 Å². The number of nitrogens with zero attached hydrogens (tertiary/aromatic N) is 3. The van der Waals surface area contributed by atoms with Crippen LogP contribution < -0.4 is 10.1 Å². The van der Waals surface area contributed by atoms with E-state index in [4.69, 9.17) is 26.5 Å². The van der Waals surface area contributed by atoms with E-state index in [1.54, 1.807) is 7.11 Å². The third kappa shape index (κ3) is 4.25. The summed E-state index contributed by atoms with van der Waals surface area (Å²) in [6.45, 7) is 7.18. The quantitative estimate of drug-likeness (QED) is 0.487. The molecule has 0 amide bonds. The summed E-state index contributed by atoms with van der Waals surface area (Å²) in [7, 11) is 1.64. The molecule has 1 aromatic heterocycles. The minimum absolute atomic E-state index is 0.167. The lowest BCUT2D eigenvalue weighted by Gasteiger charge is -2.37. The van der Waals surface area contributed by atoms with Crippen LogP contribution in [0.1, 0.15) is 50.3 Å². The van der Waals surface area contributed by atoms with Crippen molar-refractivity contribution in [2.45, 2.75) is 39.7 Å². The molecule has 1 unspecified atom stereocenters. The van der Waals surface area contributed by atoms with Crippen molar-refractivity contribution in [3.63, 3.8) is 0 Å². The molecule has 0 bridgehead atoms. The first-order valence-corrected chi connectivity index (χ1v) is 11.3. The minimum Gasteiger partial charge on any atom is -0.497 e. The highest BCUT2D eigenvalue weighted by atomic mass is 32.1. The third-order valence-corrected chi connectivity index (χ3v) is 6.09. The molecule has 1 atom stereocenters. The maximum absolute atomic E-state index is 5.79. The van der Waals surface area contributed by atoms with Crippen molar-refractivity contribution in [3.05, 3.63) is 71.2 Å². The maximum atomic E-state index is 5.79. The molecule has 0 fully saturated rings. The number of aryl methyl sites for hydroxylation is 1. The van der Waals surface area contributed by atoms with Crippen molar-refractivity contribution in [3.8, 4) is 17.1 Å². The first-order chi connectivity index (χ1) is 15.5. The second kappa shape index (κ2) is 9.53. The van der Waals surface area contributed by atoms with Gasteiger partial charge in [0, 0.05) is 17.8 Å². The van der Waals surface area contributed by atoms with Gasteiger partial charge in [0.05, 0.1) is 18.7 Å². The Morgan fingerprint density at radius 3 is 2.62 bits per heavy atom. The van der Waals surface area contributed by atoms with Crippen molar-refractivity contribution in [2.24, 2.45) is 0 Å². The Kier molecular flexibility index (Phi) is 6.55. The van der Waals surface area contributed by atoms with Crippen LogP contribution in [0.5, 0.6) is 5.75 Å². The van der Waals surface area contributed by atoms with Crippen LogP contribution in [0.15, 0.2) is 58.8 Å². The molecular formula is C25H28N4O2S. The Morgan fingerprint density at radius 1 is 1.16 bits per heavy atom. The Balaban J connectivity index is 1.79. The molecule has 166 valence electrons. The van der Waals surface area contributed by atoms with Gasteiger partial charge in [-0.3, -0.25) is 0 Å². The highest BCUT2D eigenvalue weighted by molar-refractivity contribution is 7.80. The van der Waals surface area contributed by atoms with Crippen LogP contribution in [-0.2, 0) is 6.42 Å². The molecule has 0 saturated carbocycles. The summed E-state index contributed by atoms with van der Waals surface area (Å²) in [5, 5.41) is 8.48. The van der Waals surface area contributed by atoms with Crippen LogP contribution in [-0.4, -0.2) is 33.8 Å². The number of aromatic nitrogens is 2. The van der Waals surface area contributed by atoms with Crippen molar-refractivity contribution in [2.75, 3.05) is 13.7 Å². The molecule has 4 rings (SSSR count). The number of hydrogen-bond donors (Lipinski definition) is 1. The Hall–Kier alpha value is -3.19. The Bertz CT molecular complexity index is 1140. The molecule has 1 aliphatic rings. The number of methoxy groups -OCH3 is 1. The van der Waals surface area contributed by atoms with Gasteiger partial charge in [0.1, 0.15) is 5.75 Å². The van der Waals surface area contributed by atoms with Gasteiger partial charge in [0.2, 0.25) is 5.82 Å². The van der Waals surface area contributed by atoms with Crippen molar-refractivity contribution >= 4 is 22.9 Å². The highest BCUT2D eigenvalue weighted by Crippen LogP contribution is 2.37. The smallest absolute Gasteiger partial charge is 0.258 e. The summed E-state index contributed by atoms with van der Waals surface area (Å²) < 4.78 is 11.1. The number of allylic oxidation sites excluding steroid dienone is 1. The molecular weight excluding hydrogens is 420 g/mol. The molecule has 7 heteroatoms. The van der Waals surface area contributed by atoms with E-state index in [1.165, 1.54) is 5.56 Å². The first kappa shape index (κ1) is 22.0. The molecule has 1 N–H and O–H groups in total. The SMILES string of the molecule is CCCN1C(=S)NC(c2ccc(CC)cc2)C(c2nc(-c3cccc(OC)c3)no2)=C1C. The van der Waals surface area contributed by atoms with Gasteiger partial charge in [-0.15, -0.1) is 0 Å². The maximum Gasteiger partial charge on any atom is 0.258 e. The largest absolute Gasteiger partial charge is 0.497 e. The lowest BCUT2D eigenvalue weighted by molar-refractivity contribution is 0.396. The first-order valence-electron chi connectivity index (χ1n) is 10.9. The van der Waals surface area contributed by atoms with E-state index in [1.807, 2.05) is 24.3 Å². The molecule has 1 aliphatic heterocycles. The van der Waals surface area contributed by atoms with E-state index in [9.17, 15) is 0 Å².